The van der Waals surface area contributed by atoms with Crippen LogP contribution < -0.4 is 10.6 Å². The molecule has 0 radical (unpaired) electrons. The first-order valence-corrected chi connectivity index (χ1v) is 7.42. The van der Waals surface area contributed by atoms with Crippen molar-refractivity contribution in [2.75, 3.05) is 32.5 Å². The predicted octanol–water partition coefficient (Wildman–Crippen LogP) is 2.61. The molecule has 0 aliphatic heterocycles. The zero-order valence-corrected chi connectivity index (χ0v) is 13.7. The van der Waals surface area contributed by atoms with Gasteiger partial charge in [-0.15, -0.1) is 0 Å². The minimum atomic E-state index is -1.03. The normalized spacial score (nSPS) is 10.5. The molecule has 1 rings (SSSR count). The van der Waals surface area contributed by atoms with Crippen LogP contribution in [0.25, 0.3) is 0 Å². The number of carboxylic acid groups (broad SMARTS) is 1. The molecule has 0 unspecified atom stereocenters. The van der Waals surface area contributed by atoms with Crippen molar-refractivity contribution in [3.63, 3.8) is 0 Å². The second-order valence-electron chi connectivity index (χ2n) is 4.89. The Morgan fingerprint density at radius 3 is 2.62 bits per heavy atom. The Bertz CT molecular complexity index is 506. The number of carboxylic acids is 1. The maximum atomic E-state index is 11.7. The van der Waals surface area contributed by atoms with Gasteiger partial charge in [-0.25, -0.2) is 9.59 Å². The van der Waals surface area contributed by atoms with Crippen molar-refractivity contribution < 1.29 is 14.7 Å². The molecular weight excluding hydrogens is 338 g/mol. The molecule has 0 atom stereocenters. The molecule has 0 saturated carbocycles. The fraction of sp³-hybridized carbons (Fsp3) is 0.429. The zero-order chi connectivity index (χ0) is 15.8. The molecule has 1 aromatic carbocycles. The number of carbonyl (C=O) groups excluding carboxylic acids is 1. The molecule has 3 N–H and O–H groups in total. The molecule has 0 aromatic heterocycles. The average Bonchev–Trinajstić information content (AvgIpc) is 2.40. The van der Waals surface area contributed by atoms with Crippen LogP contribution in [0.15, 0.2) is 22.7 Å². The summed E-state index contributed by atoms with van der Waals surface area (Å²) in [5, 5.41) is 14.3. The van der Waals surface area contributed by atoms with Crippen molar-refractivity contribution in [3.05, 3.63) is 28.2 Å². The Kier molecular flexibility index (Phi) is 7.18. The number of aromatic carboxylic acids is 1. The van der Waals surface area contributed by atoms with Crippen LogP contribution >= 0.6 is 15.9 Å². The van der Waals surface area contributed by atoms with Crippen LogP contribution in [0.2, 0.25) is 0 Å². The largest absolute Gasteiger partial charge is 0.478 e. The zero-order valence-electron chi connectivity index (χ0n) is 12.1. The highest BCUT2D eigenvalue weighted by molar-refractivity contribution is 9.10. The molecule has 2 amide bonds. The highest BCUT2D eigenvalue weighted by Gasteiger charge is 2.09. The Morgan fingerprint density at radius 1 is 1.29 bits per heavy atom. The minimum absolute atomic E-state index is 0.125. The number of nitrogens with zero attached hydrogens (tertiary/aromatic N) is 1. The molecule has 7 heteroatoms. The lowest BCUT2D eigenvalue weighted by Crippen LogP contribution is -2.30. The lowest BCUT2D eigenvalue weighted by Gasteiger charge is -2.11. The molecule has 6 nitrogen and oxygen atoms in total. The van der Waals surface area contributed by atoms with Crippen molar-refractivity contribution in [2.24, 2.45) is 0 Å². The van der Waals surface area contributed by atoms with Crippen LogP contribution in [0.1, 0.15) is 23.2 Å². The number of amides is 2. The van der Waals surface area contributed by atoms with E-state index < -0.39 is 5.97 Å². The van der Waals surface area contributed by atoms with Gasteiger partial charge in [-0.2, -0.15) is 0 Å². The quantitative estimate of drug-likeness (QED) is 0.655. The van der Waals surface area contributed by atoms with Crippen LogP contribution in [0.3, 0.4) is 0 Å². The molecule has 21 heavy (non-hydrogen) atoms. The number of benzene rings is 1. The van der Waals surface area contributed by atoms with Gasteiger partial charge in [-0.05, 0) is 67.6 Å². The van der Waals surface area contributed by atoms with Gasteiger partial charge in [0.2, 0.25) is 0 Å². The van der Waals surface area contributed by atoms with E-state index in [-0.39, 0.29) is 11.6 Å². The number of hydrogen-bond donors (Lipinski definition) is 3. The molecule has 0 fully saturated rings. The highest BCUT2D eigenvalue weighted by Crippen LogP contribution is 2.23. The third kappa shape index (κ3) is 6.59. The van der Waals surface area contributed by atoms with Crippen LogP contribution in [-0.2, 0) is 0 Å². The van der Waals surface area contributed by atoms with E-state index in [1.807, 2.05) is 14.1 Å². The smallest absolute Gasteiger partial charge is 0.335 e. The highest BCUT2D eigenvalue weighted by atomic mass is 79.9. The summed E-state index contributed by atoms with van der Waals surface area (Å²) < 4.78 is 0.634. The monoisotopic (exact) mass is 357 g/mol. The summed E-state index contributed by atoms with van der Waals surface area (Å²) in [6.45, 7) is 1.56. The Hall–Kier alpha value is -1.60. The number of nitrogens with one attached hydrogen (secondary N) is 2. The van der Waals surface area contributed by atoms with E-state index in [9.17, 15) is 9.59 Å². The van der Waals surface area contributed by atoms with Gasteiger partial charge >= 0.3 is 12.0 Å². The van der Waals surface area contributed by atoms with E-state index in [2.05, 4.69) is 31.5 Å². The van der Waals surface area contributed by atoms with E-state index in [1.54, 1.807) is 6.07 Å². The first-order valence-electron chi connectivity index (χ1n) is 6.62. The fourth-order valence-corrected chi connectivity index (χ4v) is 2.02. The molecule has 1 aromatic rings. The van der Waals surface area contributed by atoms with E-state index >= 15 is 0 Å². The van der Waals surface area contributed by atoms with Gasteiger partial charge in [0.25, 0.3) is 0 Å². The molecule has 116 valence electrons. The third-order valence-electron chi connectivity index (χ3n) is 2.78. The van der Waals surface area contributed by atoms with Gasteiger partial charge in [0.05, 0.1) is 11.3 Å². The molecule has 0 aliphatic rings. The second-order valence-corrected chi connectivity index (χ2v) is 5.75. The van der Waals surface area contributed by atoms with Crippen LogP contribution in [0.5, 0.6) is 0 Å². The van der Waals surface area contributed by atoms with Crippen molar-refractivity contribution in [2.45, 2.75) is 12.8 Å². The van der Waals surface area contributed by atoms with E-state index in [0.717, 1.165) is 19.4 Å². The minimum Gasteiger partial charge on any atom is -0.478 e. The number of carbonyl (C=O) groups is 2. The van der Waals surface area contributed by atoms with Gasteiger partial charge in [0.15, 0.2) is 0 Å². The number of urea groups is 1. The molecule has 0 saturated heterocycles. The van der Waals surface area contributed by atoms with Gasteiger partial charge < -0.3 is 20.6 Å². The molecular formula is C14H20BrN3O3. The lowest BCUT2D eigenvalue weighted by atomic mass is 10.2. The summed E-state index contributed by atoms with van der Waals surface area (Å²) in [5.74, 6) is -1.03. The average molecular weight is 358 g/mol. The Balaban J connectivity index is 2.44. The summed E-state index contributed by atoms with van der Waals surface area (Å²) in [6, 6.07) is 4.13. The molecule has 0 bridgehead atoms. The summed E-state index contributed by atoms with van der Waals surface area (Å²) in [7, 11) is 4.01. The third-order valence-corrected chi connectivity index (χ3v) is 3.47. The lowest BCUT2D eigenvalue weighted by molar-refractivity contribution is 0.0697. The number of halogens is 1. The standard InChI is InChI=1S/C14H20BrN3O3/c1-18(2)8-4-3-7-16-14(21)17-12-9-10(13(19)20)5-6-11(12)15/h5-6,9H,3-4,7-8H2,1-2H3,(H,19,20)(H2,16,17,21). The maximum absolute atomic E-state index is 11.7. The van der Waals surface area contributed by atoms with Gasteiger partial charge in [0.1, 0.15) is 0 Å². The van der Waals surface area contributed by atoms with Crippen molar-refractivity contribution in [1.29, 1.82) is 0 Å². The second kappa shape index (κ2) is 8.63. The van der Waals surface area contributed by atoms with Crippen molar-refractivity contribution in [1.82, 2.24) is 10.2 Å². The van der Waals surface area contributed by atoms with Crippen molar-refractivity contribution in [3.8, 4) is 0 Å². The van der Waals surface area contributed by atoms with E-state index in [0.29, 0.717) is 16.7 Å². The number of hydrogen-bond acceptors (Lipinski definition) is 3. The van der Waals surface area contributed by atoms with E-state index in [1.165, 1.54) is 12.1 Å². The van der Waals surface area contributed by atoms with Crippen LogP contribution in [0, 0.1) is 0 Å². The van der Waals surface area contributed by atoms with Gasteiger partial charge in [0, 0.05) is 11.0 Å². The predicted molar refractivity (Wildman–Crippen MR) is 85.9 cm³/mol. The van der Waals surface area contributed by atoms with Crippen molar-refractivity contribution >= 4 is 33.6 Å². The first-order chi connectivity index (χ1) is 9.90. The number of rotatable bonds is 7. The Labute approximate surface area is 132 Å². The summed E-state index contributed by atoms with van der Waals surface area (Å²) in [4.78, 5) is 24.7. The SMILES string of the molecule is CN(C)CCCCNC(=O)Nc1cc(C(=O)O)ccc1Br. The fourth-order valence-electron chi connectivity index (χ4n) is 1.68. The summed E-state index contributed by atoms with van der Waals surface area (Å²) in [6.07, 6.45) is 1.90. The maximum Gasteiger partial charge on any atom is 0.335 e. The molecule has 0 spiro atoms. The Morgan fingerprint density at radius 2 is 2.00 bits per heavy atom. The molecule has 0 heterocycles. The number of anilines is 1. The van der Waals surface area contributed by atoms with Crippen LogP contribution in [0.4, 0.5) is 10.5 Å². The summed E-state index contributed by atoms with van der Waals surface area (Å²) >= 11 is 3.28. The van der Waals surface area contributed by atoms with Gasteiger partial charge in [-0.1, -0.05) is 0 Å². The first kappa shape index (κ1) is 17.5. The summed E-state index contributed by atoms with van der Waals surface area (Å²) in [5.41, 5.74) is 0.556. The number of unbranched alkanes of at least 4 members (excludes halogenated alkanes) is 1. The topological polar surface area (TPSA) is 81.7 Å². The van der Waals surface area contributed by atoms with Crippen LogP contribution in [-0.4, -0.2) is 49.2 Å². The van der Waals surface area contributed by atoms with E-state index in [4.69, 9.17) is 5.11 Å². The molecule has 0 aliphatic carbocycles. The van der Waals surface area contributed by atoms with Gasteiger partial charge in [-0.3, -0.25) is 0 Å².